The molecule has 0 fully saturated rings. The molecule has 24 heavy (non-hydrogen) atoms. The SMILES string of the molecule is COc1ccc(OC)c(-c2csc(NC(=O)[C@@H](N)CC(C)C)n2)c1. The molecule has 1 heterocycles. The van der Waals surface area contributed by atoms with Crippen LogP contribution in [-0.2, 0) is 4.79 Å². The molecule has 0 aliphatic carbocycles. The van der Waals surface area contributed by atoms with Crippen molar-refractivity contribution in [1.29, 1.82) is 0 Å². The van der Waals surface area contributed by atoms with Crippen LogP contribution in [0.4, 0.5) is 5.13 Å². The zero-order chi connectivity index (χ0) is 17.7. The number of methoxy groups -OCH3 is 2. The summed E-state index contributed by atoms with van der Waals surface area (Å²) in [5, 5.41) is 5.15. The molecule has 1 atom stereocenters. The Bertz CT molecular complexity index is 700. The van der Waals surface area contributed by atoms with Gasteiger partial charge in [-0.1, -0.05) is 13.8 Å². The molecule has 130 valence electrons. The van der Waals surface area contributed by atoms with Crippen LogP contribution in [0.2, 0.25) is 0 Å². The van der Waals surface area contributed by atoms with Gasteiger partial charge in [-0.25, -0.2) is 4.98 Å². The number of ether oxygens (including phenoxy) is 2. The first-order valence-corrected chi connectivity index (χ1v) is 8.57. The van der Waals surface area contributed by atoms with Crippen LogP contribution in [0.3, 0.4) is 0 Å². The van der Waals surface area contributed by atoms with E-state index in [1.54, 1.807) is 14.2 Å². The van der Waals surface area contributed by atoms with Crippen LogP contribution >= 0.6 is 11.3 Å². The lowest BCUT2D eigenvalue weighted by atomic mass is 10.0. The number of aromatic nitrogens is 1. The summed E-state index contributed by atoms with van der Waals surface area (Å²) in [6, 6.07) is 4.96. The Labute approximate surface area is 146 Å². The standard InChI is InChI=1S/C17H23N3O3S/c1-10(2)7-13(18)16(21)20-17-19-14(9-24-17)12-8-11(22-3)5-6-15(12)23-4/h5-6,8-10,13H,7,18H2,1-4H3,(H,19,20,21)/t13-/m0/s1. The van der Waals surface area contributed by atoms with E-state index in [9.17, 15) is 4.79 Å². The van der Waals surface area contributed by atoms with Crippen molar-refractivity contribution in [3.8, 4) is 22.8 Å². The Hall–Kier alpha value is -2.12. The van der Waals surface area contributed by atoms with Gasteiger partial charge in [0.25, 0.3) is 0 Å². The molecule has 3 N–H and O–H groups in total. The van der Waals surface area contributed by atoms with Crippen molar-refractivity contribution in [3.05, 3.63) is 23.6 Å². The molecule has 2 aromatic rings. The third kappa shape index (κ3) is 4.46. The van der Waals surface area contributed by atoms with E-state index in [4.69, 9.17) is 15.2 Å². The van der Waals surface area contributed by atoms with Gasteiger partial charge in [0.2, 0.25) is 5.91 Å². The summed E-state index contributed by atoms with van der Waals surface area (Å²) in [7, 11) is 3.21. The highest BCUT2D eigenvalue weighted by Crippen LogP contribution is 2.35. The Morgan fingerprint density at radius 3 is 2.71 bits per heavy atom. The van der Waals surface area contributed by atoms with E-state index >= 15 is 0 Å². The summed E-state index contributed by atoms with van der Waals surface area (Å²) in [5.74, 6) is 1.54. The van der Waals surface area contributed by atoms with E-state index in [0.29, 0.717) is 34.7 Å². The summed E-state index contributed by atoms with van der Waals surface area (Å²) in [5.41, 5.74) is 7.41. The first kappa shape index (κ1) is 18.2. The number of anilines is 1. The van der Waals surface area contributed by atoms with Crippen molar-refractivity contribution in [2.24, 2.45) is 11.7 Å². The molecule has 0 saturated heterocycles. The maximum atomic E-state index is 12.1. The van der Waals surface area contributed by atoms with Crippen LogP contribution in [0.25, 0.3) is 11.3 Å². The average molecular weight is 349 g/mol. The molecule has 0 aliphatic heterocycles. The normalized spacial score (nSPS) is 12.1. The maximum Gasteiger partial charge on any atom is 0.243 e. The molecule has 2 rings (SSSR count). The van der Waals surface area contributed by atoms with Gasteiger partial charge in [0, 0.05) is 10.9 Å². The number of rotatable bonds is 7. The van der Waals surface area contributed by atoms with Gasteiger partial charge in [-0.3, -0.25) is 4.79 Å². The van der Waals surface area contributed by atoms with Gasteiger partial charge in [-0.15, -0.1) is 11.3 Å². The number of nitrogens with two attached hydrogens (primary N) is 1. The smallest absolute Gasteiger partial charge is 0.243 e. The van der Waals surface area contributed by atoms with Crippen molar-refractivity contribution in [1.82, 2.24) is 4.98 Å². The zero-order valence-corrected chi connectivity index (χ0v) is 15.1. The fourth-order valence-corrected chi connectivity index (χ4v) is 3.00. The Morgan fingerprint density at radius 2 is 2.08 bits per heavy atom. The molecule has 0 spiro atoms. The third-order valence-electron chi connectivity index (χ3n) is 3.48. The molecular weight excluding hydrogens is 326 g/mol. The highest BCUT2D eigenvalue weighted by Gasteiger charge is 2.17. The molecule has 1 aromatic carbocycles. The Morgan fingerprint density at radius 1 is 1.33 bits per heavy atom. The second-order valence-electron chi connectivity index (χ2n) is 5.83. The fourth-order valence-electron chi connectivity index (χ4n) is 2.28. The number of amides is 1. The number of nitrogens with zero attached hydrogens (tertiary/aromatic N) is 1. The van der Waals surface area contributed by atoms with Gasteiger partial charge in [0.1, 0.15) is 11.5 Å². The molecule has 7 heteroatoms. The van der Waals surface area contributed by atoms with E-state index in [2.05, 4.69) is 10.3 Å². The highest BCUT2D eigenvalue weighted by molar-refractivity contribution is 7.14. The van der Waals surface area contributed by atoms with Crippen LogP contribution in [-0.4, -0.2) is 31.2 Å². The van der Waals surface area contributed by atoms with Crippen LogP contribution in [0.5, 0.6) is 11.5 Å². The number of nitrogens with one attached hydrogen (secondary N) is 1. The monoisotopic (exact) mass is 349 g/mol. The largest absolute Gasteiger partial charge is 0.497 e. The summed E-state index contributed by atoms with van der Waals surface area (Å²) in [6.07, 6.45) is 0.633. The van der Waals surface area contributed by atoms with Crippen LogP contribution in [0.1, 0.15) is 20.3 Å². The molecular formula is C17H23N3O3S. The van der Waals surface area contributed by atoms with Crippen molar-refractivity contribution in [3.63, 3.8) is 0 Å². The van der Waals surface area contributed by atoms with Crippen LogP contribution in [0.15, 0.2) is 23.6 Å². The minimum Gasteiger partial charge on any atom is -0.497 e. The predicted molar refractivity (Wildman–Crippen MR) is 96.7 cm³/mol. The number of thiazole rings is 1. The minimum absolute atomic E-state index is 0.220. The predicted octanol–water partition coefficient (Wildman–Crippen LogP) is 3.14. The summed E-state index contributed by atoms with van der Waals surface area (Å²) in [4.78, 5) is 16.6. The summed E-state index contributed by atoms with van der Waals surface area (Å²) in [6.45, 7) is 4.06. The van der Waals surface area contributed by atoms with Gasteiger partial charge in [-0.05, 0) is 30.5 Å². The molecule has 0 radical (unpaired) electrons. The van der Waals surface area contributed by atoms with Crippen molar-refractivity contribution < 1.29 is 14.3 Å². The quantitative estimate of drug-likeness (QED) is 0.802. The van der Waals surface area contributed by atoms with E-state index < -0.39 is 6.04 Å². The first-order chi connectivity index (χ1) is 11.4. The van der Waals surface area contributed by atoms with Gasteiger partial charge < -0.3 is 20.5 Å². The van der Waals surface area contributed by atoms with Gasteiger partial charge >= 0.3 is 0 Å². The van der Waals surface area contributed by atoms with Crippen LogP contribution in [0, 0.1) is 5.92 Å². The molecule has 0 bridgehead atoms. The molecule has 1 aromatic heterocycles. The lowest BCUT2D eigenvalue weighted by Gasteiger charge is -2.12. The summed E-state index contributed by atoms with van der Waals surface area (Å²) < 4.78 is 10.6. The molecule has 0 aliphatic rings. The second-order valence-corrected chi connectivity index (χ2v) is 6.69. The number of carbonyl (C=O) groups excluding carboxylic acids is 1. The Balaban J connectivity index is 2.17. The second kappa shape index (κ2) is 8.12. The first-order valence-electron chi connectivity index (χ1n) is 7.69. The van der Waals surface area contributed by atoms with E-state index in [1.807, 2.05) is 37.4 Å². The maximum absolute atomic E-state index is 12.1. The zero-order valence-electron chi connectivity index (χ0n) is 14.3. The van der Waals surface area contributed by atoms with Crippen molar-refractivity contribution in [2.75, 3.05) is 19.5 Å². The molecule has 1 amide bonds. The van der Waals surface area contributed by atoms with E-state index in [-0.39, 0.29) is 5.91 Å². The lowest BCUT2D eigenvalue weighted by Crippen LogP contribution is -2.36. The van der Waals surface area contributed by atoms with Gasteiger partial charge in [-0.2, -0.15) is 0 Å². The topological polar surface area (TPSA) is 86.5 Å². The number of hydrogen-bond donors (Lipinski definition) is 2. The summed E-state index contributed by atoms with van der Waals surface area (Å²) >= 11 is 1.35. The lowest BCUT2D eigenvalue weighted by molar-refractivity contribution is -0.117. The minimum atomic E-state index is -0.538. The van der Waals surface area contributed by atoms with Gasteiger partial charge in [0.05, 0.1) is 26.0 Å². The van der Waals surface area contributed by atoms with Crippen molar-refractivity contribution in [2.45, 2.75) is 26.3 Å². The van der Waals surface area contributed by atoms with E-state index in [0.717, 1.165) is 5.56 Å². The fraction of sp³-hybridized carbons (Fsp3) is 0.412. The third-order valence-corrected chi connectivity index (χ3v) is 4.24. The Kier molecular flexibility index (Phi) is 6.16. The number of hydrogen-bond acceptors (Lipinski definition) is 6. The molecule has 0 saturated carbocycles. The number of carbonyl (C=O) groups is 1. The average Bonchev–Trinajstić information content (AvgIpc) is 3.01. The molecule has 6 nitrogen and oxygen atoms in total. The van der Waals surface area contributed by atoms with E-state index in [1.165, 1.54) is 11.3 Å². The van der Waals surface area contributed by atoms with Crippen LogP contribution < -0.4 is 20.5 Å². The molecule has 0 unspecified atom stereocenters. The number of benzene rings is 1. The highest BCUT2D eigenvalue weighted by atomic mass is 32.1. The van der Waals surface area contributed by atoms with Gasteiger partial charge in [0.15, 0.2) is 5.13 Å². The van der Waals surface area contributed by atoms with Crippen molar-refractivity contribution >= 4 is 22.4 Å².